The van der Waals surface area contributed by atoms with E-state index in [2.05, 4.69) is 12.2 Å². The van der Waals surface area contributed by atoms with Gasteiger partial charge in [0.15, 0.2) is 5.78 Å². The number of hydrogen-bond acceptors (Lipinski definition) is 7. The third kappa shape index (κ3) is 17.4. The Balaban J connectivity index is 3.40. The van der Waals surface area contributed by atoms with Gasteiger partial charge >= 0.3 is 0 Å². The molecule has 0 fully saturated rings. The number of hydrogen-bond donors (Lipinski definition) is 1. The Labute approximate surface area is 192 Å². The summed E-state index contributed by atoms with van der Waals surface area (Å²) >= 11 is 0. The second kappa shape index (κ2) is 20.5. The first-order valence-corrected chi connectivity index (χ1v) is 11.7. The van der Waals surface area contributed by atoms with Crippen molar-refractivity contribution in [3.63, 3.8) is 0 Å². The Bertz CT molecular complexity index is 479. The first-order valence-electron chi connectivity index (χ1n) is 11.7. The molecule has 0 aromatic rings. The summed E-state index contributed by atoms with van der Waals surface area (Å²) in [6.45, 7) is 12.3. The van der Waals surface area contributed by atoms with Crippen molar-refractivity contribution >= 4 is 11.7 Å². The summed E-state index contributed by atoms with van der Waals surface area (Å²) in [5.41, 5.74) is 0. The SMILES string of the molecule is CCCC(C)C(=O)COCCOCCOCCOCCOC(C)C(F)CNC(=O)C(C)C. The lowest BCUT2D eigenvalue weighted by Crippen LogP contribution is -2.38. The van der Waals surface area contributed by atoms with E-state index in [1.54, 1.807) is 20.8 Å². The molecule has 8 nitrogen and oxygen atoms in total. The van der Waals surface area contributed by atoms with Crippen molar-refractivity contribution in [2.45, 2.75) is 59.7 Å². The normalized spacial score (nSPS) is 14.3. The lowest BCUT2D eigenvalue weighted by Gasteiger charge is -2.18. The van der Waals surface area contributed by atoms with E-state index in [9.17, 15) is 14.0 Å². The van der Waals surface area contributed by atoms with Crippen LogP contribution < -0.4 is 5.32 Å². The molecule has 1 N–H and O–H groups in total. The van der Waals surface area contributed by atoms with Gasteiger partial charge in [0.2, 0.25) is 5.91 Å². The number of carbonyl (C=O) groups excluding carboxylic acids is 2. The van der Waals surface area contributed by atoms with Gasteiger partial charge in [-0.15, -0.1) is 0 Å². The fourth-order valence-corrected chi connectivity index (χ4v) is 2.53. The molecule has 190 valence electrons. The first-order chi connectivity index (χ1) is 15.3. The summed E-state index contributed by atoms with van der Waals surface area (Å²) < 4.78 is 40.8. The molecule has 0 aliphatic carbocycles. The number of amides is 1. The Morgan fingerprint density at radius 1 is 0.812 bits per heavy atom. The fourth-order valence-electron chi connectivity index (χ4n) is 2.53. The molecule has 1 amide bonds. The van der Waals surface area contributed by atoms with Gasteiger partial charge in [0.05, 0.1) is 65.5 Å². The van der Waals surface area contributed by atoms with E-state index in [-0.39, 0.29) is 43.3 Å². The number of ether oxygens (including phenoxy) is 5. The molecule has 0 aromatic carbocycles. The molecule has 0 heterocycles. The van der Waals surface area contributed by atoms with E-state index in [1.165, 1.54) is 0 Å². The van der Waals surface area contributed by atoms with Crippen LogP contribution in [0.25, 0.3) is 0 Å². The largest absolute Gasteiger partial charge is 0.377 e. The minimum Gasteiger partial charge on any atom is -0.377 e. The van der Waals surface area contributed by atoms with Gasteiger partial charge in [-0.05, 0) is 13.3 Å². The number of Topliss-reactive ketones (excluding diaryl/α,β-unsaturated/α-hetero) is 1. The highest BCUT2D eigenvalue weighted by atomic mass is 19.1. The highest BCUT2D eigenvalue weighted by Gasteiger charge is 2.18. The maximum atomic E-state index is 13.9. The molecular formula is C23H44FNO7. The molecule has 0 aliphatic heterocycles. The highest BCUT2D eigenvalue weighted by molar-refractivity contribution is 5.81. The van der Waals surface area contributed by atoms with Gasteiger partial charge in [0.1, 0.15) is 12.8 Å². The van der Waals surface area contributed by atoms with Crippen molar-refractivity contribution < 1.29 is 37.7 Å². The molecular weight excluding hydrogens is 421 g/mol. The molecule has 32 heavy (non-hydrogen) atoms. The van der Waals surface area contributed by atoms with Gasteiger partial charge in [0.25, 0.3) is 0 Å². The van der Waals surface area contributed by atoms with Gasteiger partial charge in [-0.2, -0.15) is 0 Å². The predicted molar refractivity (Wildman–Crippen MR) is 121 cm³/mol. The van der Waals surface area contributed by atoms with Gasteiger partial charge in [-0.1, -0.05) is 34.1 Å². The van der Waals surface area contributed by atoms with Crippen molar-refractivity contribution in [2.75, 3.05) is 66.0 Å². The lowest BCUT2D eigenvalue weighted by molar-refractivity contribution is -0.128. The Hall–Kier alpha value is -1.13. The van der Waals surface area contributed by atoms with Crippen molar-refractivity contribution in [1.82, 2.24) is 5.32 Å². The summed E-state index contributed by atoms with van der Waals surface area (Å²) in [5.74, 6) is -0.160. The molecule has 3 atom stereocenters. The van der Waals surface area contributed by atoms with Crippen LogP contribution in [0.5, 0.6) is 0 Å². The van der Waals surface area contributed by atoms with Crippen molar-refractivity contribution in [3.05, 3.63) is 0 Å². The second-order valence-corrected chi connectivity index (χ2v) is 8.04. The molecule has 3 unspecified atom stereocenters. The zero-order valence-corrected chi connectivity index (χ0v) is 20.5. The number of carbonyl (C=O) groups is 2. The minimum absolute atomic E-state index is 0.0518. The van der Waals surface area contributed by atoms with Crippen molar-refractivity contribution in [3.8, 4) is 0 Å². The Morgan fingerprint density at radius 2 is 1.31 bits per heavy atom. The van der Waals surface area contributed by atoms with Crippen LogP contribution in [0.3, 0.4) is 0 Å². The standard InChI is InChI=1S/C23H44FNO7/c1-6-7-19(4)22(26)17-31-13-12-29-9-8-28-10-11-30-14-15-32-20(5)21(24)16-25-23(27)18(2)3/h18-21H,6-17H2,1-5H3,(H,25,27). The maximum absolute atomic E-state index is 13.9. The lowest BCUT2D eigenvalue weighted by atomic mass is 10.0. The van der Waals surface area contributed by atoms with Crippen LogP contribution in [0.1, 0.15) is 47.5 Å². The average molecular weight is 466 g/mol. The predicted octanol–water partition coefficient (Wildman–Crippen LogP) is 2.57. The highest BCUT2D eigenvalue weighted by Crippen LogP contribution is 2.06. The van der Waals surface area contributed by atoms with E-state index < -0.39 is 12.3 Å². The summed E-state index contributed by atoms with van der Waals surface area (Å²) in [6, 6.07) is 0. The monoisotopic (exact) mass is 465 g/mol. The number of alkyl halides is 1. The quantitative estimate of drug-likeness (QED) is 0.246. The minimum atomic E-state index is -1.27. The zero-order valence-electron chi connectivity index (χ0n) is 20.5. The molecule has 0 aromatic heterocycles. The smallest absolute Gasteiger partial charge is 0.222 e. The van der Waals surface area contributed by atoms with E-state index >= 15 is 0 Å². The van der Waals surface area contributed by atoms with Crippen LogP contribution in [0, 0.1) is 11.8 Å². The van der Waals surface area contributed by atoms with Crippen LogP contribution >= 0.6 is 0 Å². The molecule has 0 rings (SSSR count). The van der Waals surface area contributed by atoms with E-state index in [0.717, 1.165) is 12.8 Å². The van der Waals surface area contributed by atoms with Crippen LogP contribution in [0.15, 0.2) is 0 Å². The maximum Gasteiger partial charge on any atom is 0.222 e. The van der Waals surface area contributed by atoms with Gasteiger partial charge in [-0.3, -0.25) is 9.59 Å². The fraction of sp³-hybridized carbons (Fsp3) is 0.913. The topological polar surface area (TPSA) is 92.3 Å². The zero-order chi connectivity index (χ0) is 24.2. The van der Waals surface area contributed by atoms with E-state index in [1.807, 2.05) is 6.92 Å². The molecule has 0 bridgehead atoms. The molecule has 0 spiro atoms. The van der Waals surface area contributed by atoms with Crippen molar-refractivity contribution in [2.24, 2.45) is 11.8 Å². The Morgan fingerprint density at radius 3 is 1.81 bits per heavy atom. The van der Waals surface area contributed by atoms with Gasteiger partial charge in [-0.25, -0.2) is 4.39 Å². The summed E-state index contributed by atoms with van der Waals surface area (Å²) in [4.78, 5) is 23.2. The van der Waals surface area contributed by atoms with Gasteiger partial charge < -0.3 is 29.0 Å². The molecule has 0 aliphatic rings. The number of halogens is 1. The van der Waals surface area contributed by atoms with E-state index in [0.29, 0.717) is 46.2 Å². The van der Waals surface area contributed by atoms with Gasteiger partial charge in [0, 0.05) is 11.8 Å². The summed E-state index contributed by atoms with van der Waals surface area (Å²) in [5, 5.41) is 2.55. The number of rotatable bonds is 22. The molecule has 0 saturated heterocycles. The molecule has 0 radical (unpaired) electrons. The third-order valence-electron chi connectivity index (χ3n) is 4.75. The van der Waals surface area contributed by atoms with Crippen LogP contribution in [-0.4, -0.2) is 90.0 Å². The summed E-state index contributed by atoms with van der Waals surface area (Å²) in [6.07, 6.45) is -0.00429. The van der Waals surface area contributed by atoms with E-state index in [4.69, 9.17) is 23.7 Å². The first kappa shape index (κ1) is 30.9. The average Bonchev–Trinajstić information content (AvgIpc) is 2.76. The van der Waals surface area contributed by atoms with Crippen molar-refractivity contribution in [1.29, 1.82) is 0 Å². The number of ketones is 1. The molecule has 9 heteroatoms. The second-order valence-electron chi connectivity index (χ2n) is 8.04. The summed E-state index contributed by atoms with van der Waals surface area (Å²) in [7, 11) is 0. The third-order valence-corrected chi connectivity index (χ3v) is 4.75. The van der Waals surface area contributed by atoms with Crippen LogP contribution in [0.2, 0.25) is 0 Å². The van der Waals surface area contributed by atoms with Crippen LogP contribution in [-0.2, 0) is 33.3 Å². The molecule has 0 saturated carbocycles. The number of nitrogens with one attached hydrogen (secondary N) is 1. The van der Waals surface area contributed by atoms with Crippen LogP contribution in [0.4, 0.5) is 4.39 Å². The Kier molecular flexibility index (Phi) is 19.8.